The van der Waals surface area contributed by atoms with E-state index in [-0.39, 0.29) is 18.4 Å². The van der Waals surface area contributed by atoms with Gasteiger partial charge in [-0.1, -0.05) is 52.0 Å². The number of hydrogen-bond acceptors (Lipinski definition) is 1. The van der Waals surface area contributed by atoms with E-state index < -0.39 is 0 Å². The van der Waals surface area contributed by atoms with Crippen molar-refractivity contribution in [3.63, 3.8) is 0 Å². The molecule has 1 unspecified atom stereocenters. The summed E-state index contributed by atoms with van der Waals surface area (Å²) in [7, 11) is 0. The molecule has 0 aromatic heterocycles. The van der Waals surface area contributed by atoms with E-state index in [9.17, 15) is 0 Å². The lowest BCUT2D eigenvalue weighted by Crippen LogP contribution is -2.16. The molecule has 0 fully saturated rings. The first kappa shape index (κ1) is 14.5. The van der Waals surface area contributed by atoms with Crippen LogP contribution in [0.15, 0.2) is 24.3 Å². The van der Waals surface area contributed by atoms with Gasteiger partial charge in [0.05, 0.1) is 0 Å². The third-order valence-corrected chi connectivity index (χ3v) is 2.68. The summed E-state index contributed by atoms with van der Waals surface area (Å²) in [6.07, 6.45) is 0. The van der Waals surface area contributed by atoms with Crippen LogP contribution in [0.3, 0.4) is 0 Å². The molecule has 2 heteroatoms. The maximum absolute atomic E-state index is 6.11. The summed E-state index contributed by atoms with van der Waals surface area (Å²) in [4.78, 5) is 0. The summed E-state index contributed by atoms with van der Waals surface area (Å²) < 4.78 is 0. The first-order valence-electron chi connectivity index (χ1n) is 5.37. The van der Waals surface area contributed by atoms with Gasteiger partial charge in [-0.05, 0) is 23.0 Å². The Morgan fingerprint density at radius 3 is 2.00 bits per heavy atom. The lowest BCUT2D eigenvalue weighted by molar-refractivity contribution is 0.513. The summed E-state index contributed by atoms with van der Waals surface area (Å²) in [5.74, 6) is 1.08. The number of hydrogen-bond donors (Lipinski definition) is 1. The second-order valence-corrected chi connectivity index (χ2v) is 4.59. The molecule has 0 aliphatic rings. The van der Waals surface area contributed by atoms with E-state index in [0.29, 0.717) is 11.8 Å². The minimum Gasteiger partial charge on any atom is -0.324 e. The molecule has 0 amide bonds. The van der Waals surface area contributed by atoms with Crippen molar-refractivity contribution in [2.75, 3.05) is 0 Å². The van der Waals surface area contributed by atoms with Gasteiger partial charge in [-0.2, -0.15) is 0 Å². The molecule has 0 bridgehead atoms. The van der Waals surface area contributed by atoms with Crippen LogP contribution in [0, 0.1) is 5.92 Å². The van der Waals surface area contributed by atoms with Crippen LogP contribution < -0.4 is 5.73 Å². The molecule has 2 N–H and O–H groups in total. The lowest BCUT2D eigenvalue weighted by atomic mass is 9.93. The van der Waals surface area contributed by atoms with Crippen LogP contribution in [0.2, 0.25) is 0 Å². The van der Waals surface area contributed by atoms with Crippen molar-refractivity contribution in [2.45, 2.75) is 39.7 Å². The van der Waals surface area contributed by atoms with Crippen LogP contribution in [0.25, 0.3) is 0 Å². The quantitative estimate of drug-likeness (QED) is 0.833. The number of benzene rings is 1. The normalized spacial score (nSPS) is 12.7. The van der Waals surface area contributed by atoms with E-state index in [1.165, 1.54) is 11.1 Å². The zero-order chi connectivity index (χ0) is 10.7. The van der Waals surface area contributed by atoms with Crippen LogP contribution in [-0.2, 0) is 0 Å². The Hall–Kier alpha value is -0.530. The number of nitrogens with two attached hydrogens (primary N) is 1. The molecule has 0 saturated heterocycles. The van der Waals surface area contributed by atoms with E-state index in [2.05, 4.69) is 52.0 Å². The van der Waals surface area contributed by atoms with Gasteiger partial charge >= 0.3 is 0 Å². The Kier molecular flexibility index (Phi) is 5.92. The van der Waals surface area contributed by atoms with Gasteiger partial charge in [0.2, 0.25) is 0 Å². The smallest absolute Gasteiger partial charge is 0.0318 e. The molecular formula is C13H22ClN. The molecule has 0 saturated carbocycles. The molecule has 1 rings (SSSR count). The topological polar surface area (TPSA) is 26.0 Å². The second kappa shape index (κ2) is 6.14. The molecule has 1 nitrogen and oxygen atoms in total. The van der Waals surface area contributed by atoms with Gasteiger partial charge in [0, 0.05) is 6.04 Å². The third kappa shape index (κ3) is 3.84. The molecule has 0 spiro atoms. The van der Waals surface area contributed by atoms with Gasteiger partial charge in [0.25, 0.3) is 0 Å². The summed E-state index contributed by atoms with van der Waals surface area (Å²) in [5.41, 5.74) is 8.74. The minimum atomic E-state index is 0. The maximum atomic E-state index is 6.11. The lowest BCUT2D eigenvalue weighted by Gasteiger charge is -2.17. The Morgan fingerprint density at radius 1 is 1.00 bits per heavy atom. The van der Waals surface area contributed by atoms with Gasteiger partial charge in [0.1, 0.15) is 0 Å². The highest BCUT2D eigenvalue weighted by molar-refractivity contribution is 5.85. The fourth-order valence-corrected chi connectivity index (χ4v) is 1.51. The van der Waals surface area contributed by atoms with Crippen LogP contribution in [0.1, 0.15) is 50.8 Å². The fraction of sp³-hybridized carbons (Fsp3) is 0.538. The Morgan fingerprint density at radius 2 is 1.53 bits per heavy atom. The first-order chi connectivity index (χ1) is 6.52. The zero-order valence-electron chi connectivity index (χ0n) is 10.0. The molecular weight excluding hydrogens is 206 g/mol. The molecule has 0 heterocycles. The van der Waals surface area contributed by atoms with Gasteiger partial charge in [0.15, 0.2) is 0 Å². The van der Waals surface area contributed by atoms with Crippen LogP contribution in [-0.4, -0.2) is 0 Å². The van der Waals surface area contributed by atoms with E-state index >= 15 is 0 Å². The highest BCUT2D eigenvalue weighted by atomic mass is 35.5. The summed E-state index contributed by atoms with van der Waals surface area (Å²) in [6.45, 7) is 8.74. The fourth-order valence-electron chi connectivity index (χ4n) is 1.51. The van der Waals surface area contributed by atoms with E-state index in [1.54, 1.807) is 0 Å². The van der Waals surface area contributed by atoms with Crippen LogP contribution in [0.4, 0.5) is 0 Å². The van der Waals surface area contributed by atoms with Gasteiger partial charge < -0.3 is 5.73 Å². The van der Waals surface area contributed by atoms with E-state index in [1.807, 2.05) is 0 Å². The van der Waals surface area contributed by atoms with E-state index in [4.69, 9.17) is 5.73 Å². The molecule has 1 aromatic carbocycles. The largest absolute Gasteiger partial charge is 0.324 e. The molecule has 1 atom stereocenters. The van der Waals surface area contributed by atoms with Crippen molar-refractivity contribution < 1.29 is 0 Å². The average molecular weight is 228 g/mol. The molecule has 86 valence electrons. The van der Waals surface area contributed by atoms with Crippen molar-refractivity contribution in [2.24, 2.45) is 11.7 Å². The number of rotatable bonds is 3. The van der Waals surface area contributed by atoms with Crippen LogP contribution in [0.5, 0.6) is 0 Å². The van der Waals surface area contributed by atoms with Crippen molar-refractivity contribution in [3.8, 4) is 0 Å². The summed E-state index contributed by atoms with van der Waals surface area (Å²) >= 11 is 0. The predicted molar refractivity (Wildman–Crippen MR) is 69.5 cm³/mol. The summed E-state index contributed by atoms with van der Waals surface area (Å²) in [5, 5.41) is 0. The van der Waals surface area contributed by atoms with Crippen molar-refractivity contribution >= 4 is 12.4 Å². The third-order valence-electron chi connectivity index (χ3n) is 2.68. The number of halogens is 1. The average Bonchev–Trinajstić information content (AvgIpc) is 2.16. The summed E-state index contributed by atoms with van der Waals surface area (Å²) in [6, 6.07) is 8.79. The molecule has 1 aromatic rings. The standard InChI is InChI=1S/C13H21N.ClH/c1-9(2)11-6-5-7-12(8-11)13(14)10(3)4;/h5-10,13H,14H2,1-4H3;1H. The van der Waals surface area contributed by atoms with Gasteiger partial charge in [-0.25, -0.2) is 0 Å². The molecule has 0 radical (unpaired) electrons. The Bertz CT molecular complexity index is 294. The SMILES string of the molecule is CC(C)c1cccc(C(N)C(C)C)c1.Cl. The first-order valence-corrected chi connectivity index (χ1v) is 5.37. The highest BCUT2D eigenvalue weighted by Gasteiger charge is 2.10. The molecule has 0 aliphatic carbocycles. The Balaban J connectivity index is 0.00000196. The van der Waals surface area contributed by atoms with Crippen molar-refractivity contribution in [3.05, 3.63) is 35.4 Å². The second-order valence-electron chi connectivity index (χ2n) is 4.59. The van der Waals surface area contributed by atoms with E-state index in [0.717, 1.165) is 0 Å². The minimum absolute atomic E-state index is 0. The predicted octanol–water partition coefficient (Wildman–Crippen LogP) is 3.89. The van der Waals surface area contributed by atoms with Crippen molar-refractivity contribution in [1.29, 1.82) is 0 Å². The monoisotopic (exact) mass is 227 g/mol. The molecule has 0 aliphatic heterocycles. The van der Waals surface area contributed by atoms with Gasteiger partial charge in [-0.15, -0.1) is 12.4 Å². The van der Waals surface area contributed by atoms with Crippen molar-refractivity contribution in [1.82, 2.24) is 0 Å². The maximum Gasteiger partial charge on any atom is 0.0318 e. The van der Waals surface area contributed by atoms with Crippen LogP contribution >= 0.6 is 12.4 Å². The Labute approximate surface area is 99.5 Å². The highest BCUT2D eigenvalue weighted by Crippen LogP contribution is 2.22. The van der Waals surface area contributed by atoms with Gasteiger partial charge in [-0.3, -0.25) is 0 Å². The zero-order valence-corrected chi connectivity index (χ0v) is 10.8. The molecule has 15 heavy (non-hydrogen) atoms.